The zero-order valence-electron chi connectivity index (χ0n) is 10.0. The highest BCUT2D eigenvalue weighted by atomic mass is 31.0. The molecule has 0 aromatic rings. The Balaban J connectivity index is 0. The summed E-state index contributed by atoms with van der Waals surface area (Å²) < 4.78 is 2.30. The van der Waals surface area contributed by atoms with Gasteiger partial charge in [-0.3, -0.25) is 4.67 Å². The summed E-state index contributed by atoms with van der Waals surface area (Å²) in [4.78, 5) is 2.47. The number of piperazine rings is 1. The highest BCUT2D eigenvalue weighted by molar-refractivity contribution is 7.13. The fraction of sp³-hybridized carbons (Fsp3) is 1.00. The molecule has 0 bridgehead atoms. The van der Waals surface area contributed by atoms with Gasteiger partial charge < -0.3 is 4.90 Å². The van der Waals surface area contributed by atoms with Gasteiger partial charge in [-0.25, -0.2) is 0 Å². The summed E-state index contributed by atoms with van der Waals surface area (Å²) in [7, 11) is 2.75. The molecule has 2 nitrogen and oxygen atoms in total. The second-order valence-electron chi connectivity index (χ2n) is 2.47. The number of hydrogen-bond acceptors (Lipinski definition) is 2. The molecule has 1 fully saturated rings. The summed E-state index contributed by atoms with van der Waals surface area (Å²) in [5, 5.41) is 0. The molecule has 1 aliphatic heterocycles. The zero-order chi connectivity index (χ0) is 10.7. The maximum Gasteiger partial charge on any atom is 0.0145 e. The van der Waals surface area contributed by atoms with Crippen LogP contribution < -0.4 is 0 Å². The van der Waals surface area contributed by atoms with Crippen LogP contribution in [-0.4, -0.2) is 42.3 Å². The molecule has 3 heteroatoms. The van der Waals surface area contributed by atoms with Crippen molar-refractivity contribution in [3.63, 3.8) is 0 Å². The molecule has 1 unspecified atom stereocenters. The predicted molar refractivity (Wildman–Crippen MR) is 66.1 cm³/mol. The third kappa shape index (κ3) is 8.67. The Bertz CT molecular complexity index is 81.0. The quantitative estimate of drug-likeness (QED) is 0.608. The van der Waals surface area contributed by atoms with E-state index in [1.54, 1.807) is 0 Å². The topological polar surface area (TPSA) is 6.48 Å². The van der Waals surface area contributed by atoms with Crippen molar-refractivity contribution in [2.24, 2.45) is 0 Å². The van der Waals surface area contributed by atoms with Crippen molar-refractivity contribution in [2.75, 3.05) is 32.7 Å². The molecule has 0 aliphatic carbocycles. The molecule has 0 spiro atoms. The van der Waals surface area contributed by atoms with Gasteiger partial charge in [-0.05, 0) is 6.54 Å². The molecule has 1 rings (SSSR count). The lowest BCUT2D eigenvalue weighted by Crippen LogP contribution is -2.41. The number of nitrogens with zero attached hydrogens (tertiary/aromatic N) is 2. The van der Waals surface area contributed by atoms with Crippen molar-refractivity contribution < 1.29 is 0 Å². The maximum absolute atomic E-state index is 2.75. The second-order valence-corrected chi connectivity index (χ2v) is 3.20. The molecule has 0 saturated carbocycles. The fourth-order valence-corrected chi connectivity index (χ4v) is 1.31. The Morgan fingerprint density at radius 2 is 1.31 bits per heavy atom. The molecule has 0 radical (unpaired) electrons. The van der Waals surface area contributed by atoms with Crippen LogP contribution in [0.4, 0.5) is 0 Å². The van der Waals surface area contributed by atoms with Crippen molar-refractivity contribution in [3.05, 3.63) is 0 Å². The van der Waals surface area contributed by atoms with Gasteiger partial charge in [0.05, 0.1) is 0 Å². The van der Waals surface area contributed by atoms with Crippen molar-refractivity contribution in [2.45, 2.75) is 34.6 Å². The monoisotopic (exact) mass is 206 g/mol. The number of hydrogen-bond donors (Lipinski definition) is 0. The van der Waals surface area contributed by atoms with Gasteiger partial charge in [-0.1, -0.05) is 44.0 Å². The van der Waals surface area contributed by atoms with Crippen LogP contribution in [0.3, 0.4) is 0 Å². The van der Waals surface area contributed by atoms with E-state index in [0.29, 0.717) is 0 Å². The third-order valence-electron chi connectivity index (χ3n) is 1.85. The van der Waals surface area contributed by atoms with Crippen LogP contribution in [0, 0.1) is 0 Å². The first-order chi connectivity index (χ1) is 6.33. The van der Waals surface area contributed by atoms with Gasteiger partial charge in [0.1, 0.15) is 0 Å². The Labute approximate surface area is 86.9 Å². The standard InChI is InChI=1S/C6H15N2P.2C2H6/c1-2-7-3-5-8(9)6-4-7;2*1-2/h2-6,9H2,1H3;2*1-2H3. The summed E-state index contributed by atoms with van der Waals surface area (Å²) in [6.07, 6.45) is 0. The molecule has 1 heterocycles. The molecule has 82 valence electrons. The summed E-state index contributed by atoms with van der Waals surface area (Å²) in [6.45, 7) is 16.3. The molecule has 1 saturated heterocycles. The minimum atomic E-state index is 1.21. The number of likely N-dealkylation sites (N-methyl/N-ethyl adjacent to an activating group) is 1. The first-order valence-corrected chi connectivity index (χ1v) is 6.06. The first-order valence-electron chi connectivity index (χ1n) is 5.55. The van der Waals surface area contributed by atoms with Crippen molar-refractivity contribution in [1.29, 1.82) is 0 Å². The summed E-state index contributed by atoms with van der Waals surface area (Å²) >= 11 is 0. The van der Waals surface area contributed by atoms with Crippen LogP contribution in [0.5, 0.6) is 0 Å². The summed E-state index contributed by atoms with van der Waals surface area (Å²) in [5.74, 6) is 0. The van der Waals surface area contributed by atoms with E-state index in [9.17, 15) is 0 Å². The molecule has 0 aromatic heterocycles. The lowest BCUT2D eigenvalue weighted by molar-refractivity contribution is 0.204. The average molecular weight is 206 g/mol. The van der Waals surface area contributed by atoms with E-state index >= 15 is 0 Å². The molecule has 0 N–H and O–H groups in total. The zero-order valence-corrected chi connectivity index (χ0v) is 11.2. The smallest absolute Gasteiger partial charge is 0.0145 e. The van der Waals surface area contributed by atoms with Gasteiger partial charge in [-0.2, -0.15) is 0 Å². The van der Waals surface area contributed by atoms with Crippen LogP contribution in [-0.2, 0) is 0 Å². The average Bonchev–Trinajstić information content (AvgIpc) is 2.25. The first kappa shape index (κ1) is 15.8. The Hall–Kier alpha value is 0.350. The highest BCUT2D eigenvalue weighted by Crippen LogP contribution is 2.04. The fourth-order valence-electron chi connectivity index (χ4n) is 1.08. The molecule has 13 heavy (non-hydrogen) atoms. The van der Waals surface area contributed by atoms with E-state index in [0.717, 1.165) is 0 Å². The lowest BCUT2D eigenvalue weighted by atomic mass is 10.4. The van der Waals surface area contributed by atoms with E-state index in [-0.39, 0.29) is 0 Å². The van der Waals surface area contributed by atoms with Crippen LogP contribution in [0.25, 0.3) is 0 Å². The third-order valence-corrected chi connectivity index (χ3v) is 2.37. The van der Waals surface area contributed by atoms with Crippen LogP contribution in [0.1, 0.15) is 34.6 Å². The van der Waals surface area contributed by atoms with Crippen LogP contribution in [0.2, 0.25) is 0 Å². The Morgan fingerprint density at radius 3 is 1.62 bits per heavy atom. The van der Waals surface area contributed by atoms with E-state index in [4.69, 9.17) is 0 Å². The predicted octanol–water partition coefficient (Wildman–Crippen LogP) is 2.47. The SMILES string of the molecule is CC.CC.CCN1CCN(P)CC1. The number of rotatable bonds is 1. The van der Waals surface area contributed by atoms with E-state index in [1.807, 2.05) is 27.7 Å². The van der Waals surface area contributed by atoms with E-state index < -0.39 is 0 Å². The molecular formula is C10H27N2P. The summed E-state index contributed by atoms with van der Waals surface area (Å²) in [6, 6.07) is 0. The molecule has 1 aliphatic rings. The van der Waals surface area contributed by atoms with Gasteiger partial charge in [-0.15, -0.1) is 0 Å². The van der Waals surface area contributed by atoms with Crippen molar-refractivity contribution in [3.8, 4) is 0 Å². The van der Waals surface area contributed by atoms with Gasteiger partial charge in [0.25, 0.3) is 0 Å². The van der Waals surface area contributed by atoms with Crippen molar-refractivity contribution in [1.82, 2.24) is 9.57 Å². The minimum absolute atomic E-state index is 1.21. The largest absolute Gasteiger partial charge is 0.301 e. The van der Waals surface area contributed by atoms with Gasteiger partial charge in [0, 0.05) is 26.2 Å². The van der Waals surface area contributed by atoms with Gasteiger partial charge in [0.2, 0.25) is 0 Å². The normalized spacial score (nSPS) is 18.0. The van der Waals surface area contributed by atoms with E-state index in [1.165, 1.54) is 32.7 Å². The van der Waals surface area contributed by atoms with Crippen LogP contribution >= 0.6 is 9.39 Å². The molecule has 0 amide bonds. The minimum Gasteiger partial charge on any atom is -0.301 e. The Morgan fingerprint density at radius 1 is 0.923 bits per heavy atom. The second kappa shape index (κ2) is 12.3. The van der Waals surface area contributed by atoms with Crippen LogP contribution in [0.15, 0.2) is 0 Å². The van der Waals surface area contributed by atoms with E-state index in [2.05, 4.69) is 25.9 Å². The van der Waals surface area contributed by atoms with Gasteiger partial charge in [0.15, 0.2) is 0 Å². The summed E-state index contributed by atoms with van der Waals surface area (Å²) in [5.41, 5.74) is 0. The molecule has 0 aromatic carbocycles. The van der Waals surface area contributed by atoms with Gasteiger partial charge >= 0.3 is 0 Å². The maximum atomic E-state index is 2.75. The highest BCUT2D eigenvalue weighted by Gasteiger charge is 2.10. The Kier molecular flexibility index (Phi) is 15.0. The van der Waals surface area contributed by atoms with Crippen molar-refractivity contribution >= 4 is 9.39 Å². The molecule has 1 atom stereocenters. The molecular weight excluding hydrogens is 179 g/mol. The lowest BCUT2D eigenvalue weighted by Gasteiger charge is -2.30.